The molecule has 0 spiro atoms. The topological polar surface area (TPSA) is 67.5 Å². The van der Waals surface area contributed by atoms with Gasteiger partial charge in [-0.2, -0.15) is 0 Å². The number of likely N-dealkylation sites (N-methyl/N-ethyl adjacent to an activating group) is 1. The second kappa shape index (κ2) is 9.56. The van der Waals surface area contributed by atoms with Crippen molar-refractivity contribution in [2.45, 2.75) is 18.9 Å². The average molecular weight is 430 g/mol. The molecule has 2 heterocycles. The van der Waals surface area contributed by atoms with Crippen LogP contribution in [0, 0.1) is 0 Å². The fourth-order valence-corrected chi connectivity index (χ4v) is 3.92. The molecular formula is C26H27N3O3. The zero-order chi connectivity index (χ0) is 22.5. The molecule has 2 amide bonds. The lowest BCUT2D eigenvalue weighted by molar-refractivity contribution is 0.0723. The van der Waals surface area contributed by atoms with E-state index < -0.39 is 0 Å². The number of carbonyl (C=O) groups is 2. The van der Waals surface area contributed by atoms with Crippen LogP contribution in [0.2, 0.25) is 0 Å². The van der Waals surface area contributed by atoms with Crippen LogP contribution >= 0.6 is 0 Å². The molecule has 0 bridgehead atoms. The predicted octanol–water partition coefficient (Wildman–Crippen LogP) is 4.27. The van der Waals surface area contributed by atoms with E-state index in [1.807, 2.05) is 62.8 Å². The van der Waals surface area contributed by atoms with E-state index in [2.05, 4.69) is 17.4 Å². The van der Waals surface area contributed by atoms with Gasteiger partial charge in [0.15, 0.2) is 0 Å². The highest BCUT2D eigenvalue weighted by Crippen LogP contribution is 2.20. The van der Waals surface area contributed by atoms with Gasteiger partial charge in [0, 0.05) is 43.8 Å². The van der Waals surface area contributed by atoms with Crippen LogP contribution in [0.5, 0.6) is 0 Å². The Morgan fingerprint density at radius 3 is 2.62 bits per heavy atom. The molecule has 0 aliphatic carbocycles. The summed E-state index contributed by atoms with van der Waals surface area (Å²) in [5.74, 6) is -0.189. The lowest BCUT2D eigenvalue weighted by atomic mass is 10.0. The molecule has 1 atom stereocenters. The fraction of sp³-hybridized carbons (Fsp3) is 0.231. The molecule has 0 aliphatic heterocycles. The maximum atomic E-state index is 13.3. The van der Waals surface area contributed by atoms with E-state index in [0.717, 1.165) is 10.9 Å². The van der Waals surface area contributed by atoms with E-state index in [9.17, 15) is 9.59 Å². The van der Waals surface area contributed by atoms with Gasteiger partial charge in [0.25, 0.3) is 11.8 Å². The molecule has 0 saturated carbocycles. The largest absolute Gasteiger partial charge is 0.464 e. The molecule has 6 heteroatoms. The molecular weight excluding hydrogens is 402 g/mol. The van der Waals surface area contributed by atoms with Gasteiger partial charge in [-0.15, -0.1) is 0 Å². The summed E-state index contributed by atoms with van der Waals surface area (Å²) in [4.78, 5) is 27.5. The number of hydrogen-bond donors (Lipinski definition) is 1. The van der Waals surface area contributed by atoms with Crippen LogP contribution < -0.4 is 5.32 Å². The number of aromatic nitrogens is 1. The van der Waals surface area contributed by atoms with Gasteiger partial charge in [-0.05, 0) is 48.7 Å². The number of carbonyl (C=O) groups excluding carboxylic acids is 2. The van der Waals surface area contributed by atoms with Gasteiger partial charge in [0.2, 0.25) is 0 Å². The SMILES string of the molecule is CN(C(=O)c1ccc2ccoc2c1)[C@H](CCNC(=O)c1cccn1C)Cc1ccccc1. The van der Waals surface area contributed by atoms with Crippen LogP contribution in [0.4, 0.5) is 0 Å². The van der Waals surface area contributed by atoms with Crippen LogP contribution in [-0.4, -0.2) is 40.9 Å². The number of rotatable bonds is 8. The minimum atomic E-state index is -0.117. The number of benzene rings is 2. The highest BCUT2D eigenvalue weighted by molar-refractivity contribution is 5.97. The summed E-state index contributed by atoms with van der Waals surface area (Å²) in [6, 6.07) is 21.0. The number of nitrogens with zero attached hydrogens (tertiary/aromatic N) is 2. The van der Waals surface area contributed by atoms with Gasteiger partial charge in [0.1, 0.15) is 11.3 Å². The molecule has 4 aromatic rings. The highest BCUT2D eigenvalue weighted by atomic mass is 16.3. The quantitative estimate of drug-likeness (QED) is 0.455. The fourth-order valence-electron chi connectivity index (χ4n) is 3.92. The van der Waals surface area contributed by atoms with Crippen molar-refractivity contribution < 1.29 is 14.0 Å². The highest BCUT2D eigenvalue weighted by Gasteiger charge is 2.22. The molecule has 1 N–H and O–H groups in total. The number of fused-ring (bicyclic) bond motifs is 1. The first-order valence-electron chi connectivity index (χ1n) is 10.7. The van der Waals surface area contributed by atoms with Crippen molar-refractivity contribution in [2.75, 3.05) is 13.6 Å². The molecule has 164 valence electrons. The number of aryl methyl sites for hydroxylation is 1. The van der Waals surface area contributed by atoms with Crippen molar-refractivity contribution in [3.8, 4) is 0 Å². The molecule has 0 saturated heterocycles. The molecule has 0 unspecified atom stereocenters. The number of amides is 2. The Kier molecular flexibility index (Phi) is 6.40. The summed E-state index contributed by atoms with van der Waals surface area (Å²) in [6.07, 6.45) is 4.80. The minimum absolute atomic E-state index is 0.0713. The van der Waals surface area contributed by atoms with E-state index in [0.29, 0.717) is 36.2 Å². The Labute approximate surface area is 187 Å². The van der Waals surface area contributed by atoms with Crippen molar-refractivity contribution in [3.05, 3.63) is 96.0 Å². The normalized spacial score (nSPS) is 11.9. The van der Waals surface area contributed by atoms with Crippen molar-refractivity contribution >= 4 is 22.8 Å². The van der Waals surface area contributed by atoms with E-state index in [4.69, 9.17) is 4.42 Å². The summed E-state index contributed by atoms with van der Waals surface area (Å²) in [7, 11) is 3.66. The smallest absolute Gasteiger partial charge is 0.267 e. The first-order chi connectivity index (χ1) is 15.5. The summed E-state index contributed by atoms with van der Waals surface area (Å²) < 4.78 is 7.25. The minimum Gasteiger partial charge on any atom is -0.464 e. The third kappa shape index (κ3) is 4.75. The maximum absolute atomic E-state index is 13.3. The van der Waals surface area contributed by atoms with Crippen LogP contribution in [0.1, 0.15) is 32.8 Å². The Balaban J connectivity index is 1.48. The van der Waals surface area contributed by atoms with Gasteiger partial charge in [-0.1, -0.05) is 36.4 Å². The zero-order valence-electron chi connectivity index (χ0n) is 18.3. The summed E-state index contributed by atoms with van der Waals surface area (Å²) in [5.41, 5.74) is 3.03. The molecule has 32 heavy (non-hydrogen) atoms. The van der Waals surface area contributed by atoms with Crippen LogP contribution in [0.3, 0.4) is 0 Å². The molecule has 6 nitrogen and oxygen atoms in total. The Morgan fingerprint density at radius 2 is 1.88 bits per heavy atom. The molecule has 0 fully saturated rings. The lowest BCUT2D eigenvalue weighted by Gasteiger charge is -2.29. The second-order valence-electron chi connectivity index (χ2n) is 7.98. The number of hydrogen-bond acceptors (Lipinski definition) is 3. The van der Waals surface area contributed by atoms with Crippen molar-refractivity contribution in [2.24, 2.45) is 7.05 Å². The van der Waals surface area contributed by atoms with Crippen LogP contribution in [-0.2, 0) is 13.5 Å². The second-order valence-corrected chi connectivity index (χ2v) is 7.98. The van der Waals surface area contributed by atoms with E-state index >= 15 is 0 Å². The van der Waals surface area contributed by atoms with Crippen LogP contribution in [0.25, 0.3) is 11.0 Å². The van der Waals surface area contributed by atoms with Crippen molar-refractivity contribution in [1.29, 1.82) is 0 Å². The first-order valence-corrected chi connectivity index (χ1v) is 10.7. The summed E-state index contributed by atoms with van der Waals surface area (Å²) in [5, 5.41) is 3.95. The van der Waals surface area contributed by atoms with Gasteiger partial charge in [-0.3, -0.25) is 9.59 Å². The standard InChI is InChI=1S/C26H27N3O3/c1-28-15-6-9-23(28)25(30)27-14-12-22(17-19-7-4-3-5-8-19)29(2)26(31)21-11-10-20-13-16-32-24(20)18-21/h3-11,13,15-16,18,22H,12,14,17H2,1-2H3,(H,27,30)/t22-/m1/s1. The molecule has 2 aromatic heterocycles. The molecule has 4 rings (SSSR count). The monoisotopic (exact) mass is 429 g/mol. The maximum Gasteiger partial charge on any atom is 0.267 e. The van der Waals surface area contributed by atoms with E-state index in [1.54, 1.807) is 27.9 Å². The molecule has 0 aliphatic rings. The van der Waals surface area contributed by atoms with E-state index in [-0.39, 0.29) is 17.9 Å². The van der Waals surface area contributed by atoms with Gasteiger partial charge in [-0.25, -0.2) is 0 Å². The third-order valence-corrected chi connectivity index (χ3v) is 5.82. The first kappa shape index (κ1) is 21.4. The number of furan rings is 1. The van der Waals surface area contributed by atoms with Crippen molar-refractivity contribution in [1.82, 2.24) is 14.8 Å². The lowest BCUT2D eigenvalue weighted by Crippen LogP contribution is -2.41. The summed E-state index contributed by atoms with van der Waals surface area (Å²) in [6.45, 7) is 0.469. The molecule has 0 radical (unpaired) electrons. The Hall–Kier alpha value is -3.80. The summed E-state index contributed by atoms with van der Waals surface area (Å²) >= 11 is 0. The predicted molar refractivity (Wildman–Crippen MR) is 125 cm³/mol. The van der Waals surface area contributed by atoms with Crippen LogP contribution in [0.15, 0.2) is 83.6 Å². The Bertz CT molecular complexity index is 1210. The van der Waals surface area contributed by atoms with Crippen molar-refractivity contribution in [3.63, 3.8) is 0 Å². The van der Waals surface area contributed by atoms with E-state index in [1.165, 1.54) is 0 Å². The van der Waals surface area contributed by atoms with Gasteiger partial charge >= 0.3 is 0 Å². The Morgan fingerprint density at radius 1 is 1.06 bits per heavy atom. The zero-order valence-corrected chi connectivity index (χ0v) is 18.3. The molecule has 2 aromatic carbocycles. The van der Waals surface area contributed by atoms with Gasteiger partial charge < -0.3 is 19.2 Å². The van der Waals surface area contributed by atoms with Gasteiger partial charge in [0.05, 0.1) is 6.26 Å². The third-order valence-electron chi connectivity index (χ3n) is 5.82. The number of nitrogens with one attached hydrogen (secondary N) is 1. The average Bonchev–Trinajstić information content (AvgIpc) is 3.46.